The summed E-state index contributed by atoms with van der Waals surface area (Å²) in [4.78, 5) is 31.0. The highest BCUT2D eigenvalue weighted by Gasteiger charge is 2.21. The maximum atomic E-state index is 12.6. The molecule has 0 spiro atoms. The van der Waals surface area contributed by atoms with E-state index in [0.717, 1.165) is 32.6 Å². The van der Waals surface area contributed by atoms with Gasteiger partial charge in [0.05, 0.1) is 13.2 Å². The summed E-state index contributed by atoms with van der Waals surface area (Å²) in [6, 6.07) is 7.05. The number of morpholine rings is 1. The Labute approximate surface area is 143 Å². The Morgan fingerprint density at radius 1 is 0.792 bits per heavy atom. The average Bonchev–Trinajstić information content (AvgIpc) is 2.86. The predicted octanol–water partition coefficient (Wildman–Crippen LogP) is 0.937. The lowest BCUT2D eigenvalue weighted by molar-refractivity contribution is 0.0303. The summed E-state index contributed by atoms with van der Waals surface area (Å²) in [5, 5.41) is 0. The molecule has 1 aromatic carbocycles. The zero-order valence-electron chi connectivity index (χ0n) is 14.2. The molecular weight excluding hydrogens is 306 g/mol. The molecule has 0 aliphatic carbocycles. The molecular formula is C18H25N3O3. The maximum absolute atomic E-state index is 12.6. The van der Waals surface area contributed by atoms with Gasteiger partial charge in [0.1, 0.15) is 0 Å². The van der Waals surface area contributed by atoms with Crippen LogP contribution < -0.4 is 0 Å². The molecule has 1 aromatic rings. The van der Waals surface area contributed by atoms with Crippen molar-refractivity contribution in [1.29, 1.82) is 0 Å². The number of amides is 2. The second-order valence-corrected chi connectivity index (χ2v) is 6.43. The average molecular weight is 331 g/mol. The molecule has 2 heterocycles. The summed E-state index contributed by atoms with van der Waals surface area (Å²) in [6.07, 6.45) is 0.996. The molecule has 0 radical (unpaired) electrons. The van der Waals surface area contributed by atoms with Crippen LogP contribution in [0, 0.1) is 0 Å². The molecule has 6 heteroatoms. The lowest BCUT2D eigenvalue weighted by atomic mass is 10.1. The van der Waals surface area contributed by atoms with Gasteiger partial charge in [-0.3, -0.25) is 9.59 Å². The van der Waals surface area contributed by atoms with Crippen LogP contribution in [0.1, 0.15) is 27.1 Å². The van der Waals surface area contributed by atoms with Gasteiger partial charge in [-0.25, -0.2) is 0 Å². The van der Waals surface area contributed by atoms with Crippen molar-refractivity contribution >= 4 is 11.8 Å². The van der Waals surface area contributed by atoms with Crippen molar-refractivity contribution in [2.75, 3.05) is 59.5 Å². The van der Waals surface area contributed by atoms with Gasteiger partial charge >= 0.3 is 0 Å². The number of ether oxygens (including phenoxy) is 1. The number of carbonyl (C=O) groups is 2. The third-order valence-electron chi connectivity index (χ3n) is 4.68. The summed E-state index contributed by atoms with van der Waals surface area (Å²) in [6.45, 7) is 5.90. The van der Waals surface area contributed by atoms with Gasteiger partial charge in [-0.1, -0.05) is 0 Å². The Morgan fingerprint density at radius 3 is 1.92 bits per heavy atom. The van der Waals surface area contributed by atoms with Crippen LogP contribution in [-0.4, -0.2) is 86.0 Å². The monoisotopic (exact) mass is 331 g/mol. The molecule has 2 saturated heterocycles. The SMILES string of the molecule is CN1CCCN(C(=O)c2ccc(C(=O)N3CCOCC3)cc2)CC1. The number of rotatable bonds is 2. The minimum absolute atomic E-state index is 0.00805. The van der Waals surface area contributed by atoms with Crippen LogP contribution in [0.25, 0.3) is 0 Å². The largest absolute Gasteiger partial charge is 0.378 e. The van der Waals surface area contributed by atoms with Gasteiger partial charge in [0.2, 0.25) is 0 Å². The fraction of sp³-hybridized carbons (Fsp3) is 0.556. The van der Waals surface area contributed by atoms with E-state index in [2.05, 4.69) is 11.9 Å². The highest BCUT2D eigenvalue weighted by Crippen LogP contribution is 2.13. The Hall–Kier alpha value is -1.92. The van der Waals surface area contributed by atoms with E-state index in [0.29, 0.717) is 37.4 Å². The topological polar surface area (TPSA) is 53.1 Å². The molecule has 0 bridgehead atoms. The molecule has 0 saturated carbocycles. The number of benzene rings is 1. The van der Waals surface area contributed by atoms with E-state index in [4.69, 9.17) is 4.74 Å². The van der Waals surface area contributed by atoms with Crippen LogP contribution in [0.2, 0.25) is 0 Å². The van der Waals surface area contributed by atoms with E-state index in [1.165, 1.54) is 0 Å². The normalized spacial score (nSPS) is 19.9. The van der Waals surface area contributed by atoms with Crippen molar-refractivity contribution in [2.24, 2.45) is 0 Å². The lowest BCUT2D eigenvalue weighted by Crippen LogP contribution is -2.40. The molecule has 0 unspecified atom stereocenters. The van der Waals surface area contributed by atoms with Crippen LogP contribution in [0.3, 0.4) is 0 Å². The second kappa shape index (κ2) is 7.77. The summed E-state index contributed by atoms with van der Waals surface area (Å²) in [5.74, 6) is 0.0596. The lowest BCUT2D eigenvalue weighted by Gasteiger charge is -2.27. The van der Waals surface area contributed by atoms with E-state index < -0.39 is 0 Å². The van der Waals surface area contributed by atoms with Gasteiger partial charge in [0.15, 0.2) is 0 Å². The van der Waals surface area contributed by atoms with Crippen LogP contribution >= 0.6 is 0 Å². The van der Waals surface area contributed by atoms with E-state index >= 15 is 0 Å². The molecule has 3 rings (SSSR count). The van der Waals surface area contributed by atoms with Gasteiger partial charge < -0.3 is 19.4 Å². The van der Waals surface area contributed by atoms with Gasteiger partial charge in [-0.15, -0.1) is 0 Å². The summed E-state index contributed by atoms with van der Waals surface area (Å²) >= 11 is 0. The van der Waals surface area contributed by atoms with Gasteiger partial charge in [0.25, 0.3) is 11.8 Å². The summed E-state index contributed by atoms with van der Waals surface area (Å²) in [7, 11) is 2.08. The van der Waals surface area contributed by atoms with Crippen molar-refractivity contribution < 1.29 is 14.3 Å². The molecule has 2 aliphatic heterocycles. The Kier molecular flexibility index (Phi) is 5.48. The zero-order chi connectivity index (χ0) is 16.9. The third-order valence-corrected chi connectivity index (χ3v) is 4.68. The summed E-state index contributed by atoms with van der Waals surface area (Å²) in [5.41, 5.74) is 1.28. The molecule has 0 N–H and O–H groups in total. The maximum Gasteiger partial charge on any atom is 0.254 e. The van der Waals surface area contributed by atoms with E-state index in [1.54, 1.807) is 29.2 Å². The van der Waals surface area contributed by atoms with E-state index in [1.807, 2.05) is 4.90 Å². The quantitative estimate of drug-likeness (QED) is 0.809. The molecule has 2 fully saturated rings. The highest BCUT2D eigenvalue weighted by molar-refractivity contribution is 5.97. The van der Waals surface area contributed by atoms with Crippen molar-refractivity contribution in [1.82, 2.24) is 14.7 Å². The Balaban J connectivity index is 1.65. The van der Waals surface area contributed by atoms with Crippen LogP contribution in [0.5, 0.6) is 0 Å². The van der Waals surface area contributed by atoms with E-state index in [9.17, 15) is 9.59 Å². The number of hydrogen-bond acceptors (Lipinski definition) is 4. The standard InChI is InChI=1S/C18H25N3O3/c1-19-7-2-8-20(10-9-19)17(22)15-3-5-16(6-4-15)18(23)21-11-13-24-14-12-21/h3-6H,2,7-14H2,1H3. The molecule has 6 nitrogen and oxygen atoms in total. The minimum Gasteiger partial charge on any atom is -0.378 e. The number of hydrogen-bond donors (Lipinski definition) is 0. The first-order valence-electron chi connectivity index (χ1n) is 8.60. The minimum atomic E-state index is 0.00805. The van der Waals surface area contributed by atoms with Crippen molar-refractivity contribution in [3.05, 3.63) is 35.4 Å². The first-order valence-corrected chi connectivity index (χ1v) is 8.60. The van der Waals surface area contributed by atoms with Crippen LogP contribution in [-0.2, 0) is 4.74 Å². The fourth-order valence-corrected chi connectivity index (χ4v) is 3.14. The van der Waals surface area contributed by atoms with E-state index in [-0.39, 0.29) is 11.8 Å². The fourth-order valence-electron chi connectivity index (χ4n) is 3.14. The summed E-state index contributed by atoms with van der Waals surface area (Å²) < 4.78 is 5.27. The molecule has 2 amide bonds. The molecule has 2 aliphatic rings. The van der Waals surface area contributed by atoms with Gasteiger partial charge in [-0.05, 0) is 44.3 Å². The zero-order valence-corrected chi connectivity index (χ0v) is 14.2. The smallest absolute Gasteiger partial charge is 0.254 e. The molecule has 0 atom stereocenters. The predicted molar refractivity (Wildman–Crippen MR) is 91.2 cm³/mol. The number of likely N-dealkylation sites (N-methyl/N-ethyl adjacent to an activating group) is 1. The number of nitrogens with zero attached hydrogens (tertiary/aromatic N) is 3. The molecule has 130 valence electrons. The van der Waals surface area contributed by atoms with Crippen molar-refractivity contribution in [2.45, 2.75) is 6.42 Å². The van der Waals surface area contributed by atoms with Gasteiger partial charge in [-0.2, -0.15) is 0 Å². The van der Waals surface area contributed by atoms with Crippen LogP contribution in [0.4, 0.5) is 0 Å². The molecule has 24 heavy (non-hydrogen) atoms. The first-order chi connectivity index (χ1) is 11.6. The third kappa shape index (κ3) is 3.94. The van der Waals surface area contributed by atoms with Crippen LogP contribution in [0.15, 0.2) is 24.3 Å². The second-order valence-electron chi connectivity index (χ2n) is 6.43. The Bertz CT molecular complexity index is 582. The van der Waals surface area contributed by atoms with Crippen molar-refractivity contribution in [3.63, 3.8) is 0 Å². The Morgan fingerprint density at radius 2 is 1.33 bits per heavy atom. The van der Waals surface area contributed by atoms with Gasteiger partial charge in [0, 0.05) is 43.9 Å². The number of carbonyl (C=O) groups excluding carboxylic acids is 2. The highest BCUT2D eigenvalue weighted by atomic mass is 16.5. The molecule has 0 aromatic heterocycles. The van der Waals surface area contributed by atoms with Crippen molar-refractivity contribution in [3.8, 4) is 0 Å². The first kappa shape index (κ1) is 16.9.